The van der Waals surface area contributed by atoms with Gasteiger partial charge >= 0.3 is 0 Å². The normalized spacial score (nSPS) is 16.8. The molecule has 0 radical (unpaired) electrons. The van der Waals surface area contributed by atoms with Gasteiger partial charge in [-0.15, -0.1) is 0 Å². The minimum Gasteiger partial charge on any atom is -0.355 e. The van der Waals surface area contributed by atoms with Crippen molar-refractivity contribution in [1.29, 1.82) is 0 Å². The van der Waals surface area contributed by atoms with Crippen molar-refractivity contribution in [1.82, 2.24) is 24.6 Å². The lowest BCUT2D eigenvalue weighted by Crippen LogP contribution is -2.44. The summed E-state index contributed by atoms with van der Waals surface area (Å²) >= 11 is 6.19. The van der Waals surface area contributed by atoms with Crippen molar-refractivity contribution >= 4 is 17.4 Å². The number of likely N-dealkylation sites (tertiary alicyclic amines) is 1. The molecule has 7 heteroatoms. The first-order valence-corrected chi connectivity index (χ1v) is 8.00. The molecule has 6 nitrogen and oxygen atoms in total. The van der Waals surface area contributed by atoms with E-state index >= 15 is 0 Å². The van der Waals surface area contributed by atoms with Crippen LogP contribution in [0.2, 0.25) is 5.02 Å². The van der Waals surface area contributed by atoms with Gasteiger partial charge in [-0.3, -0.25) is 4.68 Å². The van der Waals surface area contributed by atoms with Crippen LogP contribution in [0.5, 0.6) is 0 Å². The number of halogens is 1. The summed E-state index contributed by atoms with van der Waals surface area (Å²) in [4.78, 5) is 12.9. The number of aromatic nitrogens is 4. The maximum atomic E-state index is 6.19. The summed E-state index contributed by atoms with van der Waals surface area (Å²) in [5.74, 6) is 0.826. The average Bonchev–Trinajstić information content (AvgIpc) is 3.07. The third-order valence-electron chi connectivity index (χ3n) is 4.29. The summed E-state index contributed by atoms with van der Waals surface area (Å²) in [7, 11) is 2.07. The van der Waals surface area contributed by atoms with Crippen LogP contribution >= 0.6 is 11.6 Å². The van der Waals surface area contributed by atoms with Crippen LogP contribution in [0.25, 0.3) is 0 Å². The smallest absolute Gasteiger partial charge is 0.150 e. The van der Waals surface area contributed by atoms with E-state index in [0.29, 0.717) is 11.1 Å². The number of rotatable bonds is 5. The predicted molar refractivity (Wildman–Crippen MR) is 87.1 cm³/mol. The molecule has 0 aromatic carbocycles. The first kappa shape index (κ1) is 15.2. The van der Waals surface area contributed by atoms with Crippen molar-refractivity contribution in [2.45, 2.75) is 25.4 Å². The van der Waals surface area contributed by atoms with Crippen molar-refractivity contribution in [3.05, 3.63) is 36.0 Å². The Morgan fingerprint density at radius 2 is 2.14 bits per heavy atom. The van der Waals surface area contributed by atoms with Gasteiger partial charge in [0.2, 0.25) is 0 Å². The van der Waals surface area contributed by atoms with Crippen molar-refractivity contribution in [2.24, 2.45) is 0 Å². The molecular formula is C15H21ClN6. The van der Waals surface area contributed by atoms with Crippen LogP contribution in [0.3, 0.4) is 0 Å². The molecule has 1 aliphatic heterocycles. The number of hydrogen-bond donors (Lipinski definition) is 0. The molecule has 0 bridgehead atoms. The van der Waals surface area contributed by atoms with Crippen molar-refractivity contribution < 1.29 is 0 Å². The molecule has 2 aromatic rings. The summed E-state index contributed by atoms with van der Waals surface area (Å²) in [5.41, 5.74) is 0. The molecular weight excluding hydrogens is 300 g/mol. The van der Waals surface area contributed by atoms with Gasteiger partial charge in [0, 0.05) is 45.1 Å². The van der Waals surface area contributed by atoms with E-state index in [1.165, 1.54) is 0 Å². The van der Waals surface area contributed by atoms with Crippen molar-refractivity contribution in [3.63, 3.8) is 0 Å². The molecule has 22 heavy (non-hydrogen) atoms. The van der Waals surface area contributed by atoms with E-state index in [0.717, 1.165) is 44.8 Å². The molecule has 3 heterocycles. The fraction of sp³-hybridized carbons (Fsp3) is 0.533. The molecule has 0 spiro atoms. The largest absolute Gasteiger partial charge is 0.355 e. The first-order chi connectivity index (χ1) is 10.7. The number of piperidine rings is 1. The second-order valence-electron chi connectivity index (χ2n) is 5.65. The Labute approximate surface area is 135 Å². The number of nitrogens with zero attached hydrogens (tertiary/aromatic N) is 6. The van der Waals surface area contributed by atoms with Gasteiger partial charge in [0.1, 0.15) is 11.3 Å². The maximum Gasteiger partial charge on any atom is 0.150 e. The highest BCUT2D eigenvalue weighted by molar-refractivity contribution is 6.32. The summed E-state index contributed by atoms with van der Waals surface area (Å²) in [6.45, 7) is 4.19. The van der Waals surface area contributed by atoms with E-state index in [-0.39, 0.29) is 0 Å². The predicted octanol–water partition coefficient (Wildman–Crippen LogP) is 1.93. The summed E-state index contributed by atoms with van der Waals surface area (Å²) in [6, 6.07) is 2.44. The van der Waals surface area contributed by atoms with Crippen LogP contribution in [0, 0.1) is 0 Å². The molecule has 0 N–H and O–H groups in total. The van der Waals surface area contributed by atoms with Crippen LogP contribution in [-0.4, -0.2) is 57.4 Å². The van der Waals surface area contributed by atoms with Gasteiger partial charge in [0.05, 0.1) is 12.7 Å². The van der Waals surface area contributed by atoms with E-state index in [4.69, 9.17) is 11.6 Å². The SMILES string of the molecule is CN(c1ncncc1Cl)C1CCN(CCn2cccn2)CC1. The minimum absolute atomic E-state index is 0.480. The molecule has 0 atom stereocenters. The van der Waals surface area contributed by atoms with E-state index in [2.05, 4.69) is 31.9 Å². The summed E-state index contributed by atoms with van der Waals surface area (Å²) in [5, 5.41) is 4.86. The van der Waals surface area contributed by atoms with Gasteiger partial charge < -0.3 is 9.80 Å². The van der Waals surface area contributed by atoms with Gasteiger partial charge in [-0.05, 0) is 18.9 Å². The molecule has 1 saturated heterocycles. The second kappa shape index (κ2) is 7.07. The molecule has 2 aromatic heterocycles. The third-order valence-corrected chi connectivity index (χ3v) is 4.56. The van der Waals surface area contributed by atoms with Gasteiger partial charge in [0.15, 0.2) is 5.82 Å². The first-order valence-electron chi connectivity index (χ1n) is 7.62. The zero-order valence-electron chi connectivity index (χ0n) is 12.8. The van der Waals surface area contributed by atoms with Crippen LogP contribution < -0.4 is 4.90 Å². The molecule has 1 fully saturated rings. The lowest BCUT2D eigenvalue weighted by molar-refractivity contribution is 0.201. The molecule has 0 aliphatic carbocycles. The second-order valence-corrected chi connectivity index (χ2v) is 6.05. The summed E-state index contributed by atoms with van der Waals surface area (Å²) < 4.78 is 1.98. The highest BCUT2D eigenvalue weighted by Crippen LogP contribution is 2.25. The Hall–Kier alpha value is -1.66. The standard InChI is InChI=1S/C15H21ClN6/c1-20(15-14(16)11-17-12-18-15)13-3-7-21(8-4-13)9-10-22-6-2-5-19-22/h2,5-6,11-13H,3-4,7-10H2,1H3. The van der Waals surface area contributed by atoms with E-state index < -0.39 is 0 Å². The van der Waals surface area contributed by atoms with Crippen molar-refractivity contribution in [2.75, 3.05) is 31.6 Å². The third kappa shape index (κ3) is 3.56. The molecule has 0 saturated carbocycles. The number of hydrogen-bond acceptors (Lipinski definition) is 5. The Balaban J connectivity index is 1.50. The van der Waals surface area contributed by atoms with Gasteiger partial charge in [-0.25, -0.2) is 9.97 Å². The Kier molecular flexibility index (Phi) is 4.90. The molecule has 0 amide bonds. The van der Waals surface area contributed by atoms with E-state index in [9.17, 15) is 0 Å². The summed E-state index contributed by atoms with van der Waals surface area (Å²) in [6.07, 6.45) is 9.28. The van der Waals surface area contributed by atoms with Crippen LogP contribution in [0.1, 0.15) is 12.8 Å². The molecule has 1 aliphatic rings. The van der Waals surface area contributed by atoms with Crippen LogP contribution in [-0.2, 0) is 6.54 Å². The quantitative estimate of drug-likeness (QED) is 0.842. The maximum absolute atomic E-state index is 6.19. The van der Waals surface area contributed by atoms with Gasteiger partial charge in [-0.1, -0.05) is 11.6 Å². The van der Waals surface area contributed by atoms with Crippen LogP contribution in [0.15, 0.2) is 31.0 Å². The Bertz CT molecular complexity index is 579. The highest BCUT2D eigenvalue weighted by atomic mass is 35.5. The fourth-order valence-corrected chi connectivity index (χ4v) is 3.18. The highest BCUT2D eigenvalue weighted by Gasteiger charge is 2.24. The average molecular weight is 321 g/mol. The number of anilines is 1. The molecule has 118 valence electrons. The zero-order chi connectivity index (χ0) is 15.4. The van der Waals surface area contributed by atoms with Gasteiger partial charge in [-0.2, -0.15) is 5.10 Å². The van der Waals surface area contributed by atoms with Crippen LogP contribution in [0.4, 0.5) is 5.82 Å². The molecule has 3 rings (SSSR count). The topological polar surface area (TPSA) is 50.1 Å². The zero-order valence-corrected chi connectivity index (χ0v) is 13.5. The van der Waals surface area contributed by atoms with Gasteiger partial charge in [0.25, 0.3) is 0 Å². The Morgan fingerprint density at radius 3 is 2.82 bits per heavy atom. The van der Waals surface area contributed by atoms with E-state index in [1.807, 2.05) is 23.1 Å². The fourth-order valence-electron chi connectivity index (χ4n) is 2.95. The Morgan fingerprint density at radius 1 is 1.32 bits per heavy atom. The monoisotopic (exact) mass is 320 g/mol. The minimum atomic E-state index is 0.480. The molecule has 0 unspecified atom stereocenters. The lowest BCUT2D eigenvalue weighted by atomic mass is 10.0. The van der Waals surface area contributed by atoms with Crippen molar-refractivity contribution in [3.8, 4) is 0 Å². The van der Waals surface area contributed by atoms with E-state index in [1.54, 1.807) is 12.5 Å². The lowest BCUT2D eigenvalue weighted by Gasteiger charge is -2.37.